The average Bonchev–Trinajstić information content (AvgIpc) is 2.82. The van der Waals surface area contributed by atoms with E-state index in [9.17, 15) is 14.3 Å². The number of carboxylic acids is 1. The second-order valence-electron chi connectivity index (χ2n) is 8.47. The third-order valence-corrected chi connectivity index (χ3v) is 6.31. The fourth-order valence-electron chi connectivity index (χ4n) is 4.39. The molecule has 3 unspecified atom stereocenters. The molecule has 0 amide bonds. The number of fused-ring (bicyclic) bond motifs is 1. The molecule has 0 saturated heterocycles. The van der Waals surface area contributed by atoms with Gasteiger partial charge in [-0.05, 0) is 61.2 Å². The second-order valence-corrected chi connectivity index (χ2v) is 8.47. The highest BCUT2D eigenvalue weighted by molar-refractivity contribution is 5.89. The number of nitrogens with one attached hydrogen (secondary N) is 1. The SMILES string of the molecule is COc1cc(C(C)NCC2CC(c3ccc(C)c(C(=O)O)c3)c3ccccc3O2)ccc1F. The number of aromatic carboxylic acids is 1. The van der Waals surface area contributed by atoms with Gasteiger partial charge in [0.05, 0.1) is 12.7 Å². The van der Waals surface area contributed by atoms with Gasteiger partial charge in [-0.25, -0.2) is 9.18 Å². The van der Waals surface area contributed by atoms with E-state index < -0.39 is 5.97 Å². The summed E-state index contributed by atoms with van der Waals surface area (Å²) < 4.78 is 25.1. The van der Waals surface area contributed by atoms with Crippen LogP contribution >= 0.6 is 0 Å². The van der Waals surface area contributed by atoms with E-state index in [1.165, 1.54) is 13.2 Å². The van der Waals surface area contributed by atoms with E-state index >= 15 is 0 Å². The molecule has 0 fully saturated rings. The standard InChI is InChI=1S/C27H28FNO4/c1-16-8-9-19(12-22(16)27(30)31)23-14-20(33-25-7-5-4-6-21(23)25)15-29-17(2)18-10-11-24(28)26(13-18)32-3/h4-13,17,20,23,29H,14-15H2,1-3H3,(H,30,31). The first kappa shape index (κ1) is 22.8. The van der Waals surface area contributed by atoms with Crippen LogP contribution in [0, 0.1) is 12.7 Å². The quantitative estimate of drug-likeness (QED) is 0.500. The van der Waals surface area contributed by atoms with Gasteiger partial charge in [0.15, 0.2) is 11.6 Å². The molecule has 6 heteroatoms. The minimum atomic E-state index is -0.920. The van der Waals surface area contributed by atoms with Crippen LogP contribution in [-0.4, -0.2) is 30.8 Å². The summed E-state index contributed by atoms with van der Waals surface area (Å²) in [4.78, 5) is 11.7. The molecule has 0 radical (unpaired) electrons. The van der Waals surface area contributed by atoms with Crippen molar-refractivity contribution in [2.24, 2.45) is 0 Å². The van der Waals surface area contributed by atoms with Crippen molar-refractivity contribution in [3.63, 3.8) is 0 Å². The molecule has 3 aromatic carbocycles. The van der Waals surface area contributed by atoms with E-state index in [-0.39, 0.29) is 29.6 Å². The highest BCUT2D eigenvalue weighted by Gasteiger charge is 2.30. The Morgan fingerprint density at radius 3 is 2.76 bits per heavy atom. The van der Waals surface area contributed by atoms with Crippen molar-refractivity contribution < 1.29 is 23.8 Å². The van der Waals surface area contributed by atoms with Gasteiger partial charge in [-0.3, -0.25) is 0 Å². The van der Waals surface area contributed by atoms with Crippen LogP contribution in [0.5, 0.6) is 11.5 Å². The maximum atomic E-state index is 13.8. The summed E-state index contributed by atoms with van der Waals surface area (Å²) in [6, 6.07) is 18.4. The van der Waals surface area contributed by atoms with Crippen LogP contribution in [0.25, 0.3) is 0 Å². The van der Waals surface area contributed by atoms with Gasteiger partial charge in [-0.1, -0.05) is 36.4 Å². The molecule has 5 nitrogen and oxygen atoms in total. The summed E-state index contributed by atoms with van der Waals surface area (Å²) in [7, 11) is 1.45. The van der Waals surface area contributed by atoms with Gasteiger partial charge in [0, 0.05) is 24.1 Å². The minimum absolute atomic E-state index is 0.0293. The summed E-state index contributed by atoms with van der Waals surface area (Å²) in [5.41, 5.74) is 4.02. The van der Waals surface area contributed by atoms with Gasteiger partial charge in [0.2, 0.25) is 0 Å². The molecular weight excluding hydrogens is 421 g/mol. The largest absolute Gasteiger partial charge is 0.494 e. The number of para-hydroxylation sites is 1. The van der Waals surface area contributed by atoms with Gasteiger partial charge in [-0.15, -0.1) is 0 Å². The maximum Gasteiger partial charge on any atom is 0.335 e. The summed E-state index contributed by atoms with van der Waals surface area (Å²) in [6.45, 7) is 4.41. The third kappa shape index (κ3) is 4.86. The lowest BCUT2D eigenvalue weighted by molar-refractivity contribution is 0.0696. The minimum Gasteiger partial charge on any atom is -0.494 e. The van der Waals surface area contributed by atoms with Gasteiger partial charge < -0.3 is 19.9 Å². The molecule has 0 saturated carbocycles. The Kier molecular flexibility index (Phi) is 6.65. The van der Waals surface area contributed by atoms with Crippen molar-refractivity contribution in [2.45, 2.75) is 38.3 Å². The summed E-state index contributed by atoms with van der Waals surface area (Å²) in [5.74, 6) is -0.243. The molecule has 0 bridgehead atoms. The van der Waals surface area contributed by atoms with Crippen molar-refractivity contribution in [3.8, 4) is 11.5 Å². The fraction of sp³-hybridized carbons (Fsp3) is 0.296. The number of hydrogen-bond acceptors (Lipinski definition) is 4. The first-order chi connectivity index (χ1) is 15.9. The predicted molar refractivity (Wildman–Crippen MR) is 125 cm³/mol. The Labute approximate surface area is 193 Å². The summed E-state index contributed by atoms with van der Waals surface area (Å²) in [5, 5.41) is 13.1. The van der Waals surface area contributed by atoms with Gasteiger partial charge >= 0.3 is 5.97 Å². The maximum absolute atomic E-state index is 13.8. The molecule has 3 atom stereocenters. The van der Waals surface area contributed by atoms with E-state index in [4.69, 9.17) is 9.47 Å². The lowest BCUT2D eigenvalue weighted by Gasteiger charge is -2.33. The van der Waals surface area contributed by atoms with Crippen molar-refractivity contribution >= 4 is 5.97 Å². The number of hydrogen-bond donors (Lipinski definition) is 2. The number of ether oxygens (including phenoxy) is 2. The van der Waals surface area contributed by atoms with Crippen LogP contribution in [0.4, 0.5) is 4.39 Å². The van der Waals surface area contributed by atoms with Crippen LogP contribution in [0.1, 0.15) is 57.9 Å². The Balaban J connectivity index is 1.54. The van der Waals surface area contributed by atoms with Crippen LogP contribution in [-0.2, 0) is 0 Å². The highest BCUT2D eigenvalue weighted by atomic mass is 19.1. The Bertz CT molecular complexity index is 1160. The van der Waals surface area contributed by atoms with Gasteiger partial charge in [-0.2, -0.15) is 0 Å². The number of carboxylic acid groups (broad SMARTS) is 1. The topological polar surface area (TPSA) is 67.8 Å². The Morgan fingerprint density at radius 2 is 2.00 bits per heavy atom. The monoisotopic (exact) mass is 449 g/mol. The van der Waals surface area contributed by atoms with Crippen molar-refractivity contribution in [2.75, 3.05) is 13.7 Å². The molecule has 3 aromatic rings. The number of methoxy groups -OCH3 is 1. The first-order valence-electron chi connectivity index (χ1n) is 11.0. The lowest BCUT2D eigenvalue weighted by Crippen LogP contribution is -2.37. The molecule has 1 aliphatic heterocycles. The molecule has 4 rings (SSSR count). The zero-order valence-electron chi connectivity index (χ0n) is 19.0. The first-order valence-corrected chi connectivity index (χ1v) is 11.0. The molecule has 172 valence electrons. The van der Waals surface area contributed by atoms with E-state index in [0.717, 1.165) is 28.0 Å². The number of halogens is 1. The van der Waals surface area contributed by atoms with E-state index in [2.05, 4.69) is 5.32 Å². The lowest BCUT2D eigenvalue weighted by atomic mass is 9.83. The molecule has 1 heterocycles. The van der Waals surface area contributed by atoms with Crippen LogP contribution in [0.2, 0.25) is 0 Å². The molecule has 0 spiro atoms. The number of carbonyl (C=O) groups is 1. The molecule has 1 aliphatic rings. The van der Waals surface area contributed by atoms with E-state index in [1.54, 1.807) is 18.2 Å². The fourth-order valence-corrected chi connectivity index (χ4v) is 4.39. The number of benzene rings is 3. The van der Waals surface area contributed by atoms with Crippen LogP contribution in [0.3, 0.4) is 0 Å². The van der Waals surface area contributed by atoms with Crippen molar-refractivity contribution in [1.29, 1.82) is 0 Å². The second kappa shape index (κ2) is 9.63. The van der Waals surface area contributed by atoms with Gasteiger partial charge in [0.1, 0.15) is 11.9 Å². The van der Waals surface area contributed by atoms with E-state index in [0.29, 0.717) is 18.5 Å². The van der Waals surface area contributed by atoms with E-state index in [1.807, 2.05) is 50.2 Å². The molecular formula is C27H28FNO4. The van der Waals surface area contributed by atoms with Gasteiger partial charge in [0.25, 0.3) is 0 Å². The summed E-state index contributed by atoms with van der Waals surface area (Å²) >= 11 is 0. The van der Waals surface area contributed by atoms with Crippen molar-refractivity contribution in [3.05, 3.63) is 94.3 Å². The Morgan fingerprint density at radius 1 is 1.21 bits per heavy atom. The Hall–Kier alpha value is -3.38. The van der Waals surface area contributed by atoms with Crippen molar-refractivity contribution in [1.82, 2.24) is 5.32 Å². The summed E-state index contributed by atoms with van der Waals surface area (Å²) in [6.07, 6.45) is 0.607. The third-order valence-electron chi connectivity index (χ3n) is 6.31. The molecule has 2 N–H and O–H groups in total. The van der Waals surface area contributed by atoms with Crippen LogP contribution in [0.15, 0.2) is 60.7 Å². The zero-order valence-corrected chi connectivity index (χ0v) is 19.0. The number of rotatable bonds is 7. The molecule has 0 aromatic heterocycles. The van der Waals surface area contributed by atoms with Crippen LogP contribution < -0.4 is 14.8 Å². The average molecular weight is 450 g/mol. The highest BCUT2D eigenvalue weighted by Crippen LogP contribution is 2.40. The normalized spacial score (nSPS) is 18.2. The number of aryl methyl sites for hydroxylation is 1. The molecule has 0 aliphatic carbocycles. The molecule has 33 heavy (non-hydrogen) atoms. The zero-order chi connectivity index (χ0) is 23.5. The predicted octanol–water partition coefficient (Wildman–Crippen LogP) is 5.47. The smallest absolute Gasteiger partial charge is 0.335 e.